The Morgan fingerprint density at radius 3 is 2.73 bits per heavy atom. The maximum atomic E-state index is 14.3. The van der Waals surface area contributed by atoms with Crippen LogP contribution in [0.2, 0.25) is 0 Å². The van der Waals surface area contributed by atoms with Gasteiger partial charge in [0.1, 0.15) is 18.0 Å². The second kappa shape index (κ2) is 10.8. The van der Waals surface area contributed by atoms with E-state index in [0.29, 0.717) is 30.4 Å². The largest absolute Gasteiger partial charge is 0.487 e. The summed E-state index contributed by atoms with van der Waals surface area (Å²) in [4.78, 5) is 22.9. The molecule has 1 aliphatic rings. The lowest BCUT2D eigenvalue weighted by Crippen LogP contribution is -2.45. The van der Waals surface area contributed by atoms with Crippen molar-refractivity contribution in [3.8, 4) is 16.9 Å². The summed E-state index contributed by atoms with van der Waals surface area (Å²) in [5.41, 5.74) is 4.08. The molecule has 2 atom stereocenters. The van der Waals surface area contributed by atoms with Gasteiger partial charge in [-0.15, -0.1) is 0 Å². The monoisotopic (exact) mass is 497 g/mol. The summed E-state index contributed by atoms with van der Waals surface area (Å²) in [7, 11) is 1.92. The first-order chi connectivity index (χ1) is 18.0. The number of carbonyl (C=O) groups is 1. The van der Waals surface area contributed by atoms with E-state index in [2.05, 4.69) is 22.2 Å². The molecule has 1 fully saturated rings. The topological polar surface area (TPSA) is 79.4 Å². The summed E-state index contributed by atoms with van der Waals surface area (Å²) in [5.74, 6) is 0.813. The van der Waals surface area contributed by atoms with Crippen molar-refractivity contribution >= 4 is 34.1 Å². The van der Waals surface area contributed by atoms with Gasteiger partial charge in [-0.1, -0.05) is 36.9 Å². The third-order valence-electron chi connectivity index (χ3n) is 6.32. The van der Waals surface area contributed by atoms with Crippen molar-refractivity contribution in [3.05, 3.63) is 85.6 Å². The van der Waals surface area contributed by atoms with Gasteiger partial charge < -0.3 is 20.3 Å². The maximum absolute atomic E-state index is 14.3. The molecule has 0 saturated carbocycles. The minimum Gasteiger partial charge on any atom is -0.487 e. The number of nitrogens with one attached hydrogen (secondary N) is 2. The Morgan fingerprint density at radius 2 is 1.95 bits per heavy atom. The Morgan fingerprint density at radius 1 is 1.14 bits per heavy atom. The molecular weight excluding hydrogens is 469 g/mol. The molecule has 1 unspecified atom stereocenters. The van der Waals surface area contributed by atoms with E-state index in [4.69, 9.17) is 9.72 Å². The van der Waals surface area contributed by atoms with Crippen LogP contribution >= 0.6 is 0 Å². The van der Waals surface area contributed by atoms with Crippen molar-refractivity contribution in [2.75, 3.05) is 30.8 Å². The molecule has 2 heterocycles. The minimum absolute atomic E-state index is 0.267. The molecule has 1 aromatic heterocycles. The lowest BCUT2D eigenvalue weighted by atomic mass is 10.0. The number of rotatable bonds is 7. The highest BCUT2D eigenvalue weighted by Crippen LogP contribution is 2.30. The van der Waals surface area contributed by atoms with Crippen molar-refractivity contribution < 1.29 is 13.9 Å². The van der Waals surface area contributed by atoms with Crippen LogP contribution in [0.25, 0.3) is 22.0 Å². The van der Waals surface area contributed by atoms with E-state index in [0.717, 1.165) is 34.3 Å². The van der Waals surface area contributed by atoms with Crippen LogP contribution in [-0.2, 0) is 4.79 Å². The number of likely N-dealkylation sites (tertiary alicyclic amines) is 1. The second-order valence-electron chi connectivity index (χ2n) is 9.08. The van der Waals surface area contributed by atoms with Gasteiger partial charge in [-0.2, -0.15) is 0 Å². The van der Waals surface area contributed by atoms with E-state index >= 15 is 0 Å². The smallest absolute Gasteiger partial charge is 0.247 e. The Bertz CT molecular complexity index is 1430. The molecule has 0 aliphatic carbocycles. The van der Waals surface area contributed by atoms with Crippen LogP contribution in [0.4, 0.5) is 21.7 Å². The van der Waals surface area contributed by atoms with E-state index in [1.807, 2.05) is 78.7 Å². The van der Waals surface area contributed by atoms with Gasteiger partial charge in [0.2, 0.25) is 11.9 Å². The third kappa shape index (κ3) is 5.76. The molecule has 188 valence electrons. The van der Waals surface area contributed by atoms with Crippen LogP contribution in [0, 0.1) is 0 Å². The number of alkyl halides is 1. The molecule has 5 rings (SSSR count). The van der Waals surface area contributed by atoms with Crippen molar-refractivity contribution in [1.29, 1.82) is 0 Å². The molecule has 0 radical (unpaired) electrons. The Labute approximate surface area is 215 Å². The van der Waals surface area contributed by atoms with E-state index in [1.165, 1.54) is 6.08 Å². The fourth-order valence-corrected chi connectivity index (χ4v) is 4.40. The molecule has 4 aromatic rings. The van der Waals surface area contributed by atoms with E-state index in [1.54, 1.807) is 6.20 Å². The SMILES string of the molecule is C=CC(=O)Nc1cccc(-c2cccc3cnc(Nc4ccc(OC5CCN(C)C[C@H]5F)cc4)nc23)c1. The van der Waals surface area contributed by atoms with Crippen LogP contribution in [-0.4, -0.2) is 53.2 Å². The summed E-state index contributed by atoms with van der Waals surface area (Å²) < 4.78 is 20.2. The number of anilines is 3. The van der Waals surface area contributed by atoms with E-state index in [9.17, 15) is 9.18 Å². The third-order valence-corrected chi connectivity index (χ3v) is 6.32. The Balaban J connectivity index is 1.34. The molecule has 37 heavy (non-hydrogen) atoms. The zero-order chi connectivity index (χ0) is 25.8. The number of nitrogens with zero attached hydrogens (tertiary/aromatic N) is 3. The van der Waals surface area contributed by atoms with Gasteiger partial charge in [-0.3, -0.25) is 4.79 Å². The van der Waals surface area contributed by atoms with Gasteiger partial charge in [0.25, 0.3) is 0 Å². The van der Waals surface area contributed by atoms with Crippen LogP contribution in [0.15, 0.2) is 85.6 Å². The highest BCUT2D eigenvalue weighted by Gasteiger charge is 2.29. The number of benzene rings is 3. The number of hydrogen-bond donors (Lipinski definition) is 2. The molecule has 8 heteroatoms. The van der Waals surface area contributed by atoms with Crippen molar-refractivity contribution in [2.24, 2.45) is 0 Å². The summed E-state index contributed by atoms with van der Waals surface area (Å²) in [5, 5.41) is 6.93. The zero-order valence-electron chi connectivity index (χ0n) is 20.5. The molecule has 1 aliphatic heterocycles. The van der Waals surface area contributed by atoms with Gasteiger partial charge >= 0.3 is 0 Å². The summed E-state index contributed by atoms with van der Waals surface area (Å²) in [6.45, 7) is 4.71. The fraction of sp³-hybridized carbons (Fsp3) is 0.207. The number of para-hydroxylation sites is 1. The number of amides is 1. The zero-order valence-corrected chi connectivity index (χ0v) is 20.5. The minimum atomic E-state index is -1.00. The second-order valence-corrected chi connectivity index (χ2v) is 9.08. The molecular formula is C29H28FN5O2. The standard InChI is InChI=1S/C29H28FN5O2/c1-3-27(36)32-22-8-4-6-19(16-22)24-9-5-7-20-17-31-29(34-28(20)24)33-21-10-12-23(13-11-21)37-26-14-15-35(2)18-25(26)30/h3-13,16-17,25-26H,1,14-15,18H2,2H3,(H,32,36)(H,31,33,34)/t25-,26?/m1/s1. The lowest BCUT2D eigenvalue weighted by molar-refractivity contribution is -0.111. The maximum Gasteiger partial charge on any atom is 0.247 e. The van der Waals surface area contributed by atoms with Crippen molar-refractivity contribution in [2.45, 2.75) is 18.7 Å². The molecule has 0 bridgehead atoms. The number of fused-ring (bicyclic) bond motifs is 1. The normalized spacial score (nSPS) is 17.8. The molecule has 1 amide bonds. The van der Waals surface area contributed by atoms with Crippen molar-refractivity contribution in [1.82, 2.24) is 14.9 Å². The fourth-order valence-electron chi connectivity index (χ4n) is 4.40. The highest BCUT2D eigenvalue weighted by molar-refractivity contribution is 6.00. The highest BCUT2D eigenvalue weighted by atomic mass is 19.1. The van der Waals surface area contributed by atoms with Crippen LogP contribution in [0.5, 0.6) is 5.75 Å². The number of piperidine rings is 1. The van der Waals surface area contributed by atoms with Crippen LogP contribution in [0.3, 0.4) is 0 Å². The van der Waals surface area contributed by atoms with Crippen LogP contribution in [0.1, 0.15) is 6.42 Å². The summed E-state index contributed by atoms with van der Waals surface area (Å²) in [6.07, 6.45) is 2.24. The summed E-state index contributed by atoms with van der Waals surface area (Å²) >= 11 is 0. The summed E-state index contributed by atoms with van der Waals surface area (Å²) in [6, 6.07) is 20.8. The average Bonchev–Trinajstić information content (AvgIpc) is 2.91. The first-order valence-electron chi connectivity index (χ1n) is 12.1. The number of halogens is 1. The number of hydrogen-bond acceptors (Lipinski definition) is 6. The first kappa shape index (κ1) is 24.4. The molecule has 2 N–H and O–H groups in total. The number of carbonyl (C=O) groups excluding carboxylic acids is 1. The molecule has 1 saturated heterocycles. The predicted molar refractivity (Wildman–Crippen MR) is 145 cm³/mol. The Kier molecular flexibility index (Phi) is 7.09. The predicted octanol–water partition coefficient (Wildman–Crippen LogP) is 5.59. The van der Waals surface area contributed by atoms with Gasteiger partial charge in [0, 0.05) is 41.6 Å². The number of ether oxygens (including phenoxy) is 1. The Hall–Kier alpha value is -4.30. The van der Waals surface area contributed by atoms with Gasteiger partial charge in [-0.05, 0) is 61.5 Å². The van der Waals surface area contributed by atoms with Crippen LogP contribution < -0.4 is 15.4 Å². The lowest BCUT2D eigenvalue weighted by Gasteiger charge is -2.32. The first-order valence-corrected chi connectivity index (χ1v) is 12.1. The quantitative estimate of drug-likeness (QED) is 0.324. The van der Waals surface area contributed by atoms with Gasteiger partial charge in [0.05, 0.1) is 5.52 Å². The molecule has 3 aromatic carbocycles. The van der Waals surface area contributed by atoms with Gasteiger partial charge in [0.15, 0.2) is 0 Å². The molecule has 0 spiro atoms. The van der Waals surface area contributed by atoms with E-state index in [-0.39, 0.29) is 5.91 Å². The average molecular weight is 498 g/mol. The van der Waals surface area contributed by atoms with Gasteiger partial charge in [-0.25, -0.2) is 14.4 Å². The molecule has 7 nitrogen and oxygen atoms in total. The van der Waals surface area contributed by atoms with E-state index < -0.39 is 12.3 Å². The van der Waals surface area contributed by atoms with Crippen molar-refractivity contribution in [3.63, 3.8) is 0 Å². The number of aromatic nitrogens is 2.